The number of nitrogens with one attached hydrogen (secondary N) is 1. The lowest BCUT2D eigenvalue weighted by Gasteiger charge is -2.13. The van der Waals surface area contributed by atoms with E-state index in [1.54, 1.807) is 17.8 Å². The fraction of sp³-hybridized carbons (Fsp3) is 0.500. The maximum Gasteiger partial charge on any atom is 0.304 e. The molecule has 0 aliphatic heterocycles. The van der Waals surface area contributed by atoms with E-state index in [-0.39, 0.29) is 0 Å². The van der Waals surface area contributed by atoms with Crippen molar-refractivity contribution in [2.75, 3.05) is 12.0 Å². The van der Waals surface area contributed by atoms with E-state index in [1.165, 1.54) is 12.1 Å². The lowest BCUT2D eigenvalue weighted by atomic mass is 10.1. The highest BCUT2D eigenvalue weighted by molar-refractivity contribution is 7.98. The van der Waals surface area contributed by atoms with E-state index in [4.69, 9.17) is 0 Å². The minimum absolute atomic E-state index is 0.343. The highest BCUT2D eigenvalue weighted by Crippen LogP contribution is 2.18. The van der Waals surface area contributed by atoms with Crippen LogP contribution in [-0.2, 0) is 6.54 Å². The molecule has 0 aliphatic rings. The molecule has 0 saturated carbocycles. The molecule has 1 N–H and O–H groups in total. The van der Waals surface area contributed by atoms with Gasteiger partial charge in [-0.2, -0.15) is 16.2 Å². The fourth-order valence-electron chi connectivity index (χ4n) is 1.50. The third-order valence-corrected chi connectivity index (χ3v) is 3.26. The van der Waals surface area contributed by atoms with Crippen molar-refractivity contribution in [1.82, 2.24) is 5.32 Å². The van der Waals surface area contributed by atoms with Crippen LogP contribution in [0.25, 0.3) is 0 Å². The highest BCUT2D eigenvalue weighted by atomic mass is 32.2. The highest BCUT2D eigenvalue weighted by Gasteiger charge is 2.13. The van der Waals surface area contributed by atoms with Crippen LogP contribution in [0.3, 0.4) is 0 Å². The number of thioether (sulfide) groups is 1. The molecular formula is C12H17FN2O2S. The first-order chi connectivity index (χ1) is 8.54. The number of hydrogen-bond acceptors (Lipinski definition) is 4. The van der Waals surface area contributed by atoms with Gasteiger partial charge in [-0.3, -0.25) is 10.1 Å². The van der Waals surface area contributed by atoms with E-state index in [9.17, 15) is 14.5 Å². The number of rotatable bonds is 7. The minimum atomic E-state index is -0.781. The third-order valence-electron chi connectivity index (χ3n) is 2.62. The van der Waals surface area contributed by atoms with Gasteiger partial charge in [-0.1, -0.05) is 6.07 Å². The van der Waals surface area contributed by atoms with Crippen LogP contribution in [0.15, 0.2) is 18.2 Å². The van der Waals surface area contributed by atoms with Gasteiger partial charge < -0.3 is 5.32 Å². The SMILES string of the molecule is CSCCC(C)NCc1ccc([N+](=O)[O-])c(F)c1. The molecule has 0 amide bonds. The quantitative estimate of drug-likeness (QED) is 0.612. The zero-order valence-corrected chi connectivity index (χ0v) is 11.3. The predicted molar refractivity (Wildman–Crippen MR) is 72.4 cm³/mol. The average Bonchev–Trinajstić information content (AvgIpc) is 2.33. The van der Waals surface area contributed by atoms with Crippen molar-refractivity contribution in [1.29, 1.82) is 0 Å². The second kappa shape index (κ2) is 7.33. The second-order valence-electron chi connectivity index (χ2n) is 4.11. The average molecular weight is 272 g/mol. The van der Waals surface area contributed by atoms with E-state index >= 15 is 0 Å². The number of benzene rings is 1. The van der Waals surface area contributed by atoms with Crippen LogP contribution in [0.2, 0.25) is 0 Å². The van der Waals surface area contributed by atoms with E-state index in [0.717, 1.165) is 12.2 Å². The summed E-state index contributed by atoms with van der Waals surface area (Å²) in [7, 11) is 0. The lowest BCUT2D eigenvalue weighted by Crippen LogP contribution is -2.26. The Morgan fingerprint density at radius 3 is 2.83 bits per heavy atom. The number of nitro groups is 1. The Morgan fingerprint density at radius 2 is 2.28 bits per heavy atom. The number of halogens is 1. The number of nitrogens with zero attached hydrogens (tertiary/aromatic N) is 1. The van der Waals surface area contributed by atoms with Gasteiger partial charge in [0.2, 0.25) is 5.82 Å². The van der Waals surface area contributed by atoms with Crippen molar-refractivity contribution < 1.29 is 9.31 Å². The summed E-state index contributed by atoms with van der Waals surface area (Å²) in [5, 5.41) is 13.7. The summed E-state index contributed by atoms with van der Waals surface area (Å²) in [5.74, 6) is 0.291. The predicted octanol–water partition coefficient (Wildman–Crippen LogP) is 2.97. The number of hydrogen-bond donors (Lipinski definition) is 1. The molecule has 6 heteroatoms. The van der Waals surface area contributed by atoms with Crippen LogP contribution < -0.4 is 5.32 Å². The summed E-state index contributed by atoms with van der Waals surface area (Å²) < 4.78 is 13.4. The Labute approximate surface area is 110 Å². The molecule has 0 heterocycles. The zero-order valence-electron chi connectivity index (χ0n) is 10.5. The van der Waals surface area contributed by atoms with Gasteiger partial charge in [-0.15, -0.1) is 0 Å². The third kappa shape index (κ3) is 4.62. The van der Waals surface area contributed by atoms with Crippen LogP contribution in [0.5, 0.6) is 0 Å². The summed E-state index contributed by atoms with van der Waals surface area (Å²) >= 11 is 1.78. The molecule has 0 radical (unpaired) electrons. The van der Waals surface area contributed by atoms with Gasteiger partial charge in [0.25, 0.3) is 0 Å². The molecule has 18 heavy (non-hydrogen) atoms. The molecule has 100 valence electrons. The first-order valence-corrected chi connectivity index (χ1v) is 7.09. The van der Waals surface area contributed by atoms with Gasteiger partial charge >= 0.3 is 5.69 Å². The van der Waals surface area contributed by atoms with Gasteiger partial charge in [0, 0.05) is 18.7 Å². The molecule has 1 aromatic rings. The molecule has 0 aromatic heterocycles. The Bertz CT molecular complexity index is 415. The fourth-order valence-corrected chi connectivity index (χ4v) is 2.09. The summed E-state index contributed by atoms with van der Waals surface area (Å²) in [4.78, 5) is 9.75. The molecule has 0 saturated heterocycles. The molecule has 4 nitrogen and oxygen atoms in total. The smallest absolute Gasteiger partial charge is 0.304 e. The normalized spacial score (nSPS) is 12.4. The van der Waals surface area contributed by atoms with Gasteiger partial charge in [-0.05, 0) is 37.0 Å². The largest absolute Gasteiger partial charge is 0.310 e. The zero-order chi connectivity index (χ0) is 13.5. The van der Waals surface area contributed by atoms with Gasteiger partial charge in [0.1, 0.15) is 0 Å². The Kier molecular flexibility index (Phi) is 6.07. The van der Waals surface area contributed by atoms with Crippen LogP contribution in [0, 0.1) is 15.9 Å². The first-order valence-electron chi connectivity index (χ1n) is 5.69. The first kappa shape index (κ1) is 14.9. The number of nitro benzene ring substituents is 1. The molecule has 1 atom stereocenters. The maximum atomic E-state index is 13.4. The van der Waals surface area contributed by atoms with Gasteiger partial charge in [0.15, 0.2) is 0 Å². The topological polar surface area (TPSA) is 55.2 Å². The molecule has 1 rings (SSSR count). The molecular weight excluding hydrogens is 255 g/mol. The molecule has 1 unspecified atom stereocenters. The molecule has 0 fully saturated rings. The summed E-state index contributed by atoms with van der Waals surface area (Å²) in [6.07, 6.45) is 3.09. The van der Waals surface area contributed by atoms with Crippen molar-refractivity contribution >= 4 is 17.4 Å². The van der Waals surface area contributed by atoms with Gasteiger partial charge in [-0.25, -0.2) is 0 Å². The molecule has 0 bridgehead atoms. The lowest BCUT2D eigenvalue weighted by molar-refractivity contribution is -0.387. The minimum Gasteiger partial charge on any atom is -0.310 e. The van der Waals surface area contributed by atoms with Crippen molar-refractivity contribution in [3.8, 4) is 0 Å². The molecule has 1 aromatic carbocycles. The standard InChI is InChI=1S/C12H17FN2O2S/c1-9(5-6-18-2)14-8-10-3-4-12(15(16)17)11(13)7-10/h3-4,7,9,14H,5-6,8H2,1-2H3. The Hall–Kier alpha value is -1.14. The van der Waals surface area contributed by atoms with E-state index < -0.39 is 16.4 Å². The van der Waals surface area contributed by atoms with Crippen LogP contribution in [0.1, 0.15) is 18.9 Å². The van der Waals surface area contributed by atoms with Crippen molar-refractivity contribution in [2.45, 2.75) is 25.9 Å². The summed E-state index contributed by atoms with van der Waals surface area (Å²) in [6, 6.07) is 4.34. The van der Waals surface area contributed by atoms with E-state index in [1.807, 2.05) is 0 Å². The van der Waals surface area contributed by atoms with Crippen molar-refractivity contribution in [3.05, 3.63) is 39.7 Å². The van der Waals surface area contributed by atoms with Crippen LogP contribution in [-0.4, -0.2) is 23.0 Å². The molecule has 0 spiro atoms. The monoisotopic (exact) mass is 272 g/mol. The Balaban J connectivity index is 2.53. The summed E-state index contributed by atoms with van der Waals surface area (Å²) in [5.41, 5.74) is 0.239. The summed E-state index contributed by atoms with van der Waals surface area (Å²) in [6.45, 7) is 2.59. The maximum absolute atomic E-state index is 13.4. The van der Waals surface area contributed by atoms with Crippen molar-refractivity contribution in [2.24, 2.45) is 0 Å². The van der Waals surface area contributed by atoms with Crippen molar-refractivity contribution in [3.63, 3.8) is 0 Å². The molecule has 0 aliphatic carbocycles. The van der Waals surface area contributed by atoms with E-state index in [2.05, 4.69) is 18.5 Å². The van der Waals surface area contributed by atoms with Gasteiger partial charge in [0.05, 0.1) is 4.92 Å². The van der Waals surface area contributed by atoms with E-state index in [0.29, 0.717) is 18.2 Å². The van der Waals surface area contributed by atoms with Crippen LogP contribution in [0.4, 0.5) is 10.1 Å². The second-order valence-corrected chi connectivity index (χ2v) is 5.09. The van der Waals surface area contributed by atoms with Crippen LogP contribution >= 0.6 is 11.8 Å². The Morgan fingerprint density at radius 1 is 1.56 bits per heavy atom.